The molecular formula is C22H27NO3. The number of rotatable bonds is 6. The van der Waals surface area contributed by atoms with Gasteiger partial charge in [0.15, 0.2) is 6.10 Å². The van der Waals surface area contributed by atoms with Gasteiger partial charge < -0.3 is 14.8 Å². The molecule has 0 aliphatic heterocycles. The Morgan fingerprint density at radius 1 is 1.00 bits per heavy atom. The van der Waals surface area contributed by atoms with E-state index in [1.54, 1.807) is 6.92 Å². The number of hydrogen-bond acceptors (Lipinski definition) is 3. The van der Waals surface area contributed by atoms with Gasteiger partial charge >= 0.3 is 0 Å². The van der Waals surface area contributed by atoms with Crippen LogP contribution in [-0.2, 0) is 4.79 Å². The summed E-state index contributed by atoms with van der Waals surface area (Å²) < 4.78 is 11.7. The van der Waals surface area contributed by atoms with Crippen LogP contribution in [0, 0.1) is 13.8 Å². The first kappa shape index (κ1) is 18.3. The number of carbonyl (C=O) groups is 1. The van der Waals surface area contributed by atoms with E-state index in [9.17, 15) is 4.79 Å². The average Bonchev–Trinajstić information content (AvgIpc) is 3.08. The maximum atomic E-state index is 12.4. The lowest BCUT2D eigenvalue weighted by molar-refractivity contribution is -0.122. The quantitative estimate of drug-likeness (QED) is 0.792. The summed E-state index contributed by atoms with van der Waals surface area (Å²) in [4.78, 5) is 12.4. The summed E-state index contributed by atoms with van der Waals surface area (Å²) in [5.74, 6) is 1.40. The molecule has 1 aliphatic rings. The fourth-order valence-electron chi connectivity index (χ4n) is 3.32. The SMILES string of the molecule is Cc1cc(C)cc(O[C@@H](C)C(=O)Nc2ccc(OC3CCCC3)cc2)c1. The number of hydrogen-bond donors (Lipinski definition) is 1. The van der Waals surface area contributed by atoms with Crippen LogP contribution in [0.5, 0.6) is 11.5 Å². The highest BCUT2D eigenvalue weighted by molar-refractivity contribution is 5.94. The lowest BCUT2D eigenvalue weighted by atomic mass is 10.1. The van der Waals surface area contributed by atoms with E-state index < -0.39 is 6.10 Å². The number of carbonyl (C=O) groups excluding carboxylic acids is 1. The minimum Gasteiger partial charge on any atom is -0.490 e. The third-order valence-electron chi connectivity index (χ3n) is 4.60. The molecule has 0 bridgehead atoms. The van der Waals surface area contributed by atoms with Crippen molar-refractivity contribution in [3.63, 3.8) is 0 Å². The van der Waals surface area contributed by atoms with Crippen LogP contribution in [0.1, 0.15) is 43.7 Å². The van der Waals surface area contributed by atoms with Crippen LogP contribution in [0.25, 0.3) is 0 Å². The molecule has 0 spiro atoms. The lowest BCUT2D eigenvalue weighted by Crippen LogP contribution is -2.30. The monoisotopic (exact) mass is 353 g/mol. The van der Waals surface area contributed by atoms with Crippen LogP contribution >= 0.6 is 0 Å². The topological polar surface area (TPSA) is 47.6 Å². The molecule has 3 rings (SSSR count). The van der Waals surface area contributed by atoms with Crippen molar-refractivity contribution in [2.75, 3.05) is 5.32 Å². The van der Waals surface area contributed by atoms with Crippen LogP contribution < -0.4 is 14.8 Å². The summed E-state index contributed by atoms with van der Waals surface area (Å²) in [6.45, 7) is 5.78. The zero-order valence-electron chi connectivity index (χ0n) is 15.7. The number of benzene rings is 2. The summed E-state index contributed by atoms with van der Waals surface area (Å²) in [6, 6.07) is 13.5. The molecule has 0 aromatic heterocycles. The molecule has 0 radical (unpaired) electrons. The summed E-state index contributed by atoms with van der Waals surface area (Å²) >= 11 is 0. The van der Waals surface area contributed by atoms with Gasteiger partial charge in [-0.1, -0.05) is 6.07 Å². The first-order valence-electron chi connectivity index (χ1n) is 9.32. The summed E-state index contributed by atoms with van der Waals surface area (Å²) in [5, 5.41) is 2.89. The van der Waals surface area contributed by atoms with Crippen LogP contribution in [0.15, 0.2) is 42.5 Å². The Balaban J connectivity index is 1.54. The molecular weight excluding hydrogens is 326 g/mol. The lowest BCUT2D eigenvalue weighted by Gasteiger charge is -2.16. The van der Waals surface area contributed by atoms with Gasteiger partial charge in [-0.25, -0.2) is 0 Å². The van der Waals surface area contributed by atoms with Gasteiger partial charge in [0.2, 0.25) is 0 Å². The Morgan fingerprint density at radius 2 is 1.62 bits per heavy atom. The van der Waals surface area contributed by atoms with Crippen molar-refractivity contribution in [1.29, 1.82) is 0 Å². The second kappa shape index (κ2) is 8.26. The molecule has 4 heteroatoms. The van der Waals surface area contributed by atoms with Crippen molar-refractivity contribution in [2.45, 2.75) is 58.7 Å². The van der Waals surface area contributed by atoms with Gasteiger partial charge in [0.25, 0.3) is 5.91 Å². The number of ether oxygens (including phenoxy) is 2. The van der Waals surface area contributed by atoms with E-state index in [0.717, 1.165) is 35.4 Å². The summed E-state index contributed by atoms with van der Waals surface area (Å²) in [6.07, 6.45) is 4.51. The van der Waals surface area contributed by atoms with Gasteiger partial charge in [0.1, 0.15) is 11.5 Å². The predicted molar refractivity (Wildman–Crippen MR) is 104 cm³/mol. The molecule has 1 aliphatic carbocycles. The van der Waals surface area contributed by atoms with Gasteiger partial charge in [-0.05, 0) is 94.0 Å². The Kier molecular flexibility index (Phi) is 5.82. The molecule has 1 amide bonds. The highest BCUT2D eigenvalue weighted by Crippen LogP contribution is 2.25. The van der Waals surface area contributed by atoms with Gasteiger partial charge in [-0.3, -0.25) is 4.79 Å². The van der Waals surface area contributed by atoms with Crippen molar-refractivity contribution in [3.8, 4) is 11.5 Å². The van der Waals surface area contributed by atoms with Crippen LogP contribution in [-0.4, -0.2) is 18.1 Å². The van der Waals surface area contributed by atoms with E-state index >= 15 is 0 Å². The van der Waals surface area contributed by atoms with Crippen LogP contribution in [0.4, 0.5) is 5.69 Å². The molecule has 2 aromatic carbocycles. The Labute approximate surface area is 155 Å². The largest absolute Gasteiger partial charge is 0.490 e. The molecule has 1 N–H and O–H groups in total. The van der Waals surface area contributed by atoms with Gasteiger partial charge in [0, 0.05) is 5.69 Å². The van der Waals surface area contributed by atoms with E-state index in [0.29, 0.717) is 11.9 Å². The molecule has 1 atom stereocenters. The van der Waals surface area contributed by atoms with E-state index in [2.05, 4.69) is 11.4 Å². The van der Waals surface area contributed by atoms with Crippen molar-refractivity contribution in [3.05, 3.63) is 53.6 Å². The Morgan fingerprint density at radius 3 is 2.23 bits per heavy atom. The van der Waals surface area contributed by atoms with E-state index in [4.69, 9.17) is 9.47 Å². The Bertz CT molecular complexity index is 728. The molecule has 1 saturated carbocycles. The average molecular weight is 353 g/mol. The maximum Gasteiger partial charge on any atom is 0.265 e. The van der Waals surface area contributed by atoms with Crippen LogP contribution in [0.3, 0.4) is 0 Å². The first-order chi connectivity index (χ1) is 12.5. The summed E-state index contributed by atoms with van der Waals surface area (Å²) in [5.41, 5.74) is 2.97. The number of amides is 1. The third-order valence-corrected chi connectivity index (χ3v) is 4.60. The number of aryl methyl sites for hydroxylation is 2. The van der Waals surface area contributed by atoms with Crippen molar-refractivity contribution >= 4 is 11.6 Å². The van der Waals surface area contributed by atoms with E-state index in [1.807, 2.05) is 50.2 Å². The second-order valence-electron chi connectivity index (χ2n) is 7.12. The van der Waals surface area contributed by atoms with Gasteiger partial charge in [0.05, 0.1) is 6.10 Å². The zero-order valence-corrected chi connectivity index (χ0v) is 15.7. The first-order valence-corrected chi connectivity index (χ1v) is 9.32. The highest BCUT2D eigenvalue weighted by atomic mass is 16.5. The van der Waals surface area contributed by atoms with Crippen molar-refractivity contribution in [2.24, 2.45) is 0 Å². The van der Waals surface area contributed by atoms with E-state index in [1.165, 1.54) is 12.8 Å². The van der Waals surface area contributed by atoms with Crippen molar-refractivity contribution in [1.82, 2.24) is 0 Å². The van der Waals surface area contributed by atoms with E-state index in [-0.39, 0.29) is 5.91 Å². The molecule has 1 fully saturated rings. The molecule has 0 saturated heterocycles. The zero-order chi connectivity index (χ0) is 18.5. The minimum atomic E-state index is -0.578. The molecule has 0 unspecified atom stereocenters. The maximum absolute atomic E-state index is 12.4. The van der Waals surface area contributed by atoms with Gasteiger partial charge in [-0.2, -0.15) is 0 Å². The van der Waals surface area contributed by atoms with Crippen molar-refractivity contribution < 1.29 is 14.3 Å². The Hall–Kier alpha value is -2.49. The third kappa shape index (κ3) is 5.01. The fourth-order valence-corrected chi connectivity index (χ4v) is 3.32. The predicted octanol–water partition coefficient (Wildman–Crippen LogP) is 5.03. The minimum absolute atomic E-state index is 0.173. The summed E-state index contributed by atoms with van der Waals surface area (Å²) in [7, 11) is 0. The normalized spacial score (nSPS) is 15.5. The van der Waals surface area contributed by atoms with Gasteiger partial charge in [-0.15, -0.1) is 0 Å². The fraction of sp³-hybridized carbons (Fsp3) is 0.409. The molecule has 138 valence electrons. The second-order valence-corrected chi connectivity index (χ2v) is 7.12. The molecule has 2 aromatic rings. The molecule has 0 heterocycles. The highest BCUT2D eigenvalue weighted by Gasteiger charge is 2.17. The molecule has 4 nitrogen and oxygen atoms in total. The number of anilines is 1. The number of nitrogens with one attached hydrogen (secondary N) is 1. The van der Waals surface area contributed by atoms with Crippen LogP contribution in [0.2, 0.25) is 0 Å². The smallest absolute Gasteiger partial charge is 0.265 e. The standard InChI is InChI=1S/C22H27NO3/c1-15-12-16(2)14-21(13-15)25-17(3)22(24)23-18-8-10-20(11-9-18)26-19-6-4-5-7-19/h8-14,17,19H,4-7H2,1-3H3,(H,23,24)/t17-/m0/s1. The molecule has 26 heavy (non-hydrogen) atoms.